The Hall–Kier alpha value is -5.44. The van der Waals surface area contributed by atoms with Crippen LogP contribution >= 0.6 is 11.3 Å². The molecule has 0 radical (unpaired) electrons. The highest BCUT2D eigenvalue weighted by molar-refractivity contribution is 7.26. The second kappa shape index (κ2) is 9.03. The average molecular weight is 577 g/mol. The Morgan fingerprint density at radius 1 is 0.409 bits per heavy atom. The maximum Gasteiger partial charge on any atom is 0.143 e. The van der Waals surface area contributed by atoms with Crippen molar-refractivity contribution in [2.75, 3.05) is 0 Å². The third kappa shape index (κ3) is 3.29. The monoisotopic (exact) mass is 576 g/mol. The smallest absolute Gasteiger partial charge is 0.143 e. The predicted molar refractivity (Wildman–Crippen MR) is 188 cm³/mol. The topological polar surface area (TPSA) is 9.23 Å². The van der Waals surface area contributed by atoms with E-state index in [2.05, 4.69) is 146 Å². The van der Waals surface area contributed by atoms with Gasteiger partial charge in [-0.25, -0.2) is 0 Å². The summed E-state index contributed by atoms with van der Waals surface area (Å²) in [5.41, 5.74) is 7.35. The first-order valence-corrected chi connectivity index (χ1v) is 15.8. The van der Waals surface area contributed by atoms with Crippen molar-refractivity contribution >= 4 is 63.8 Å². The van der Waals surface area contributed by atoms with Gasteiger partial charge in [-0.3, -0.25) is 0 Å². The van der Waals surface area contributed by atoms with E-state index in [4.69, 9.17) is 4.74 Å². The van der Waals surface area contributed by atoms with Crippen molar-refractivity contribution in [2.45, 2.75) is 0 Å². The molecule has 1 aromatic heterocycles. The van der Waals surface area contributed by atoms with Crippen molar-refractivity contribution in [3.8, 4) is 44.9 Å². The molecule has 2 heterocycles. The Bertz CT molecular complexity index is 2640. The van der Waals surface area contributed by atoms with Crippen LogP contribution in [-0.4, -0.2) is 0 Å². The molecule has 8 aromatic carbocycles. The first-order valence-electron chi connectivity index (χ1n) is 15.0. The summed E-state index contributed by atoms with van der Waals surface area (Å²) in [7, 11) is 0. The standard InChI is InChI=1S/C42H24OS/c1-3-15-33-29(12-1)30-13-2-4-16-34(30)41-40(33)36-20-9-18-32-27(22-23-37(43-41)39(32)36)25-10-7-11-26(24-25)28-17-8-19-35-31-14-5-6-21-38(31)44-42(28)35/h1-24H. The highest BCUT2D eigenvalue weighted by atomic mass is 32.1. The Morgan fingerprint density at radius 3 is 1.86 bits per heavy atom. The molecule has 1 aliphatic heterocycles. The normalized spacial score (nSPS) is 12.3. The summed E-state index contributed by atoms with van der Waals surface area (Å²) in [5.74, 6) is 1.86. The van der Waals surface area contributed by atoms with E-state index in [9.17, 15) is 0 Å². The molecule has 10 rings (SSSR count). The van der Waals surface area contributed by atoms with Gasteiger partial charge >= 0.3 is 0 Å². The number of benzene rings is 8. The van der Waals surface area contributed by atoms with Crippen LogP contribution in [0.5, 0.6) is 11.5 Å². The van der Waals surface area contributed by atoms with Crippen LogP contribution in [0, 0.1) is 0 Å². The van der Waals surface area contributed by atoms with E-state index in [0.29, 0.717) is 0 Å². The minimum atomic E-state index is 0.915. The molecule has 0 unspecified atom stereocenters. The lowest BCUT2D eigenvalue weighted by Crippen LogP contribution is -2.00. The van der Waals surface area contributed by atoms with E-state index in [1.165, 1.54) is 80.5 Å². The number of hydrogen-bond acceptors (Lipinski definition) is 2. The molecule has 0 bridgehead atoms. The van der Waals surface area contributed by atoms with Gasteiger partial charge in [-0.05, 0) is 67.6 Å². The lowest BCUT2D eigenvalue weighted by molar-refractivity contribution is 0.493. The van der Waals surface area contributed by atoms with Gasteiger partial charge in [-0.1, -0.05) is 127 Å². The van der Waals surface area contributed by atoms with Crippen molar-refractivity contribution in [3.63, 3.8) is 0 Å². The minimum Gasteiger partial charge on any atom is -0.455 e. The minimum absolute atomic E-state index is 0.915. The lowest BCUT2D eigenvalue weighted by atomic mass is 9.86. The van der Waals surface area contributed by atoms with Crippen LogP contribution in [-0.2, 0) is 0 Å². The SMILES string of the molecule is c1cc(-c2ccc3c4c(cccc24)-c2c(c4ccccc4c4ccccc24)O3)cc(-c2cccc3c2sc2ccccc23)c1. The fourth-order valence-corrected chi connectivity index (χ4v) is 8.58. The quantitative estimate of drug-likeness (QED) is 0.186. The zero-order valence-corrected chi connectivity index (χ0v) is 24.5. The van der Waals surface area contributed by atoms with Gasteiger partial charge in [-0.15, -0.1) is 11.3 Å². The van der Waals surface area contributed by atoms with Gasteiger partial charge in [0.15, 0.2) is 0 Å². The second-order valence-corrected chi connectivity index (χ2v) is 12.7. The van der Waals surface area contributed by atoms with E-state index in [1.54, 1.807) is 0 Å². The van der Waals surface area contributed by atoms with Crippen LogP contribution in [0.25, 0.3) is 85.9 Å². The van der Waals surface area contributed by atoms with Crippen LogP contribution in [0.1, 0.15) is 0 Å². The first-order chi connectivity index (χ1) is 21.8. The zero-order valence-electron chi connectivity index (χ0n) is 23.7. The Balaban J connectivity index is 1.20. The molecule has 0 spiro atoms. The summed E-state index contributed by atoms with van der Waals surface area (Å²) < 4.78 is 9.50. The Labute approximate surface area is 258 Å². The van der Waals surface area contributed by atoms with E-state index in [1.807, 2.05) is 11.3 Å². The third-order valence-corrected chi connectivity index (χ3v) is 10.5. The molecule has 0 atom stereocenters. The van der Waals surface area contributed by atoms with Gasteiger partial charge in [0.05, 0.1) is 0 Å². The Morgan fingerprint density at radius 2 is 1.02 bits per heavy atom. The van der Waals surface area contributed by atoms with Crippen molar-refractivity contribution in [2.24, 2.45) is 0 Å². The molecule has 9 aromatic rings. The fourth-order valence-electron chi connectivity index (χ4n) is 7.34. The number of rotatable bonds is 2. The first kappa shape index (κ1) is 24.0. The van der Waals surface area contributed by atoms with E-state index >= 15 is 0 Å². The molecular formula is C42H24OS. The summed E-state index contributed by atoms with van der Waals surface area (Å²) in [6.07, 6.45) is 0. The van der Waals surface area contributed by atoms with Crippen molar-refractivity contribution in [3.05, 3.63) is 146 Å². The highest BCUT2D eigenvalue weighted by Crippen LogP contribution is 2.54. The van der Waals surface area contributed by atoms with Crippen molar-refractivity contribution in [1.29, 1.82) is 0 Å². The van der Waals surface area contributed by atoms with E-state index in [-0.39, 0.29) is 0 Å². The van der Waals surface area contributed by atoms with Crippen LogP contribution < -0.4 is 4.74 Å². The number of ether oxygens (including phenoxy) is 1. The predicted octanol–water partition coefficient (Wildman–Crippen LogP) is 12.6. The van der Waals surface area contributed by atoms with Gasteiger partial charge in [0.25, 0.3) is 0 Å². The molecule has 1 nitrogen and oxygen atoms in total. The van der Waals surface area contributed by atoms with Crippen molar-refractivity contribution < 1.29 is 4.74 Å². The number of hydrogen-bond donors (Lipinski definition) is 0. The number of thiophene rings is 1. The van der Waals surface area contributed by atoms with Gasteiger partial charge in [0.2, 0.25) is 0 Å². The lowest BCUT2D eigenvalue weighted by Gasteiger charge is -2.25. The van der Waals surface area contributed by atoms with E-state index < -0.39 is 0 Å². The second-order valence-electron chi connectivity index (χ2n) is 11.6. The Kier molecular flexibility index (Phi) is 4.94. The summed E-state index contributed by atoms with van der Waals surface area (Å²) >= 11 is 1.88. The summed E-state index contributed by atoms with van der Waals surface area (Å²) in [6.45, 7) is 0. The largest absolute Gasteiger partial charge is 0.455 e. The average Bonchev–Trinajstić information content (AvgIpc) is 3.48. The van der Waals surface area contributed by atoms with Gasteiger partial charge in [0.1, 0.15) is 11.5 Å². The van der Waals surface area contributed by atoms with Crippen LogP contribution in [0.2, 0.25) is 0 Å². The molecule has 0 amide bonds. The molecule has 204 valence electrons. The highest BCUT2D eigenvalue weighted by Gasteiger charge is 2.26. The molecule has 0 saturated heterocycles. The van der Waals surface area contributed by atoms with E-state index in [0.717, 1.165) is 16.9 Å². The summed E-state index contributed by atoms with van der Waals surface area (Å²) in [6, 6.07) is 52.8. The fraction of sp³-hybridized carbons (Fsp3) is 0. The van der Waals surface area contributed by atoms with Gasteiger partial charge in [0, 0.05) is 36.5 Å². The van der Waals surface area contributed by atoms with Gasteiger partial charge in [-0.2, -0.15) is 0 Å². The molecule has 44 heavy (non-hydrogen) atoms. The third-order valence-electron chi connectivity index (χ3n) is 9.26. The van der Waals surface area contributed by atoms with Gasteiger partial charge < -0.3 is 4.74 Å². The summed E-state index contributed by atoms with van der Waals surface area (Å²) in [4.78, 5) is 0. The van der Waals surface area contributed by atoms with Crippen LogP contribution in [0.4, 0.5) is 0 Å². The van der Waals surface area contributed by atoms with Crippen LogP contribution in [0.15, 0.2) is 146 Å². The molecule has 0 aliphatic carbocycles. The zero-order chi connectivity index (χ0) is 28.8. The van der Waals surface area contributed by atoms with Crippen molar-refractivity contribution in [1.82, 2.24) is 0 Å². The molecule has 0 N–H and O–H groups in total. The number of fused-ring (bicyclic) bond motifs is 10. The summed E-state index contributed by atoms with van der Waals surface area (Å²) in [5, 5.41) is 9.89. The molecule has 0 fully saturated rings. The molecule has 1 aliphatic rings. The maximum atomic E-state index is 6.83. The molecule has 0 saturated carbocycles. The van der Waals surface area contributed by atoms with Crippen LogP contribution in [0.3, 0.4) is 0 Å². The molecular weight excluding hydrogens is 553 g/mol. The maximum absolute atomic E-state index is 6.83. The molecule has 2 heteroatoms.